The standard InChI is InChI=1S/C64H48N2O/c1-3-16-44(17-4-1)52-27-14-18-45-19-15-28-58(64(45)52)54-25-8-10-29-59(54)65(50-36-32-43(33-37-50)48-35-39-57-56-26-9-12-31-62(56)67-63(57)42-48)51-23-13-20-46(40-51)47-34-38-55-53-24-7-11-30-60(53)66(61(55)41-47)49-21-5-2-6-22-49/h2,5-15,18-42,44H,1,3-4,16-17H2. The van der Waals surface area contributed by atoms with E-state index < -0.39 is 0 Å². The van der Waals surface area contributed by atoms with Crippen LogP contribution in [0, 0.1) is 0 Å². The van der Waals surface area contributed by atoms with Crippen molar-refractivity contribution in [2.24, 2.45) is 0 Å². The van der Waals surface area contributed by atoms with E-state index in [9.17, 15) is 0 Å². The van der Waals surface area contributed by atoms with Crippen molar-refractivity contribution in [3.63, 3.8) is 0 Å². The van der Waals surface area contributed by atoms with Crippen molar-refractivity contribution in [2.75, 3.05) is 4.90 Å². The van der Waals surface area contributed by atoms with Crippen molar-refractivity contribution in [3.05, 3.63) is 230 Å². The molecular weight excluding hydrogens is 813 g/mol. The number of nitrogens with zero attached hydrogens (tertiary/aromatic N) is 2. The van der Waals surface area contributed by atoms with E-state index in [0.717, 1.165) is 61.4 Å². The van der Waals surface area contributed by atoms with E-state index in [0.29, 0.717) is 5.92 Å². The number of para-hydroxylation sites is 4. The van der Waals surface area contributed by atoms with E-state index in [-0.39, 0.29) is 0 Å². The lowest BCUT2D eigenvalue weighted by Crippen LogP contribution is -2.11. The third kappa shape index (κ3) is 6.81. The van der Waals surface area contributed by atoms with Crippen LogP contribution in [-0.4, -0.2) is 4.57 Å². The first-order valence-electron chi connectivity index (χ1n) is 23.9. The highest BCUT2D eigenvalue weighted by molar-refractivity contribution is 6.11. The number of anilines is 3. The summed E-state index contributed by atoms with van der Waals surface area (Å²) < 4.78 is 8.73. The van der Waals surface area contributed by atoms with Gasteiger partial charge in [-0.3, -0.25) is 0 Å². The van der Waals surface area contributed by atoms with Gasteiger partial charge in [0.15, 0.2) is 0 Å². The van der Waals surface area contributed by atoms with Gasteiger partial charge in [-0.05, 0) is 136 Å². The van der Waals surface area contributed by atoms with Crippen molar-refractivity contribution >= 4 is 71.6 Å². The smallest absolute Gasteiger partial charge is 0.136 e. The molecule has 0 saturated heterocycles. The van der Waals surface area contributed by atoms with Gasteiger partial charge in [0.25, 0.3) is 0 Å². The minimum Gasteiger partial charge on any atom is -0.456 e. The molecule has 0 radical (unpaired) electrons. The maximum Gasteiger partial charge on any atom is 0.136 e. The Balaban J connectivity index is 0.975. The molecule has 12 aromatic rings. The van der Waals surface area contributed by atoms with Gasteiger partial charge in [0.05, 0.1) is 16.7 Å². The molecule has 320 valence electrons. The van der Waals surface area contributed by atoms with Crippen molar-refractivity contribution in [2.45, 2.75) is 38.0 Å². The number of hydrogen-bond acceptors (Lipinski definition) is 2. The Morgan fingerprint density at radius 2 is 1.04 bits per heavy atom. The van der Waals surface area contributed by atoms with Gasteiger partial charge < -0.3 is 13.9 Å². The van der Waals surface area contributed by atoms with Gasteiger partial charge in [-0.2, -0.15) is 0 Å². The number of benzene rings is 10. The molecule has 0 unspecified atom stereocenters. The van der Waals surface area contributed by atoms with E-state index in [4.69, 9.17) is 4.42 Å². The van der Waals surface area contributed by atoms with Gasteiger partial charge in [0.2, 0.25) is 0 Å². The highest BCUT2D eigenvalue weighted by Gasteiger charge is 2.23. The second-order valence-electron chi connectivity index (χ2n) is 18.3. The summed E-state index contributed by atoms with van der Waals surface area (Å²) in [5, 5.41) is 7.48. The second-order valence-corrected chi connectivity index (χ2v) is 18.3. The van der Waals surface area contributed by atoms with Crippen LogP contribution in [0.1, 0.15) is 43.6 Å². The summed E-state index contributed by atoms with van der Waals surface area (Å²) in [5.74, 6) is 0.572. The maximum atomic E-state index is 6.33. The van der Waals surface area contributed by atoms with Crippen LogP contribution in [0.25, 0.3) is 93.6 Å². The third-order valence-corrected chi connectivity index (χ3v) is 14.4. The molecule has 1 aliphatic rings. The molecule has 1 aliphatic carbocycles. The van der Waals surface area contributed by atoms with Gasteiger partial charge in [0, 0.05) is 44.2 Å². The van der Waals surface area contributed by atoms with E-state index in [1.54, 1.807) is 0 Å². The molecule has 2 heterocycles. The van der Waals surface area contributed by atoms with Gasteiger partial charge >= 0.3 is 0 Å². The maximum absolute atomic E-state index is 6.33. The van der Waals surface area contributed by atoms with Crippen molar-refractivity contribution < 1.29 is 4.42 Å². The zero-order valence-electron chi connectivity index (χ0n) is 37.3. The molecule has 0 atom stereocenters. The lowest BCUT2D eigenvalue weighted by molar-refractivity contribution is 0.445. The fourth-order valence-corrected chi connectivity index (χ4v) is 11.2. The molecule has 0 N–H and O–H groups in total. The summed E-state index contributed by atoms with van der Waals surface area (Å²) in [4.78, 5) is 2.46. The normalized spacial score (nSPS) is 13.3. The molecule has 1 fully saturated rings. The van der Waals surface area contributed by atoms with Crippen LogP contribution in [-0.2, 0) is 0 Å². The van der Waals surface area contributed by atoms with Gasteiger partial charge in [-0.25, -0.2) is 0 Å². The number of fused-ring (bicyclic) bond motifs is 7. The first-order chi connectivity index (χ1) is 33.2. The first kappa shape index (κ1) is 39.2. The average Bonchev–Trinajstić information content (AvgIpc) is 3.94. The predicted octanol–water partition coefficient (Wildman–Crippen LogP) is 18.4. The topological polar surface area (TPSA) is 21.3 Å². The molecule has 3 heteroatoms. The summed E-state index contributed by atoms with van der Waals surface area (Å²) in [6.45, 7) is 0. The third-order valence-electron chi connectivity index (χ3n) is 14.4. The molecule has 1 saturated carbocycles. The summed E-state index contributed by atoms with van der Waals surface area (Å²) >= 11 is 0. The molecule has 0 bridgehead atoms. The fraction of sp³-hybridized carbons (Fsp3) is 0.0938. The molecule has 10 aromatic carbocycles. The van der Waals surface area contributed by atoms with Gasteiger partial charge in [-0.15, -0.1) is 0 Å². The molecule has 0 aliphatic heterocycles. The summed E-state index contributed by atoms with van der Waals surface area (Å²) in [6, 6.07) is 82.4. The Morgan fingerprint density at radius 3 is 1.91 bits per heavy atom. The quantitative estimate of drug-likeness (QED) is 0.152. The highest BCUT2D eigenvalue weighted by atomic mass is 16.3. The number of furan rings is 1. The average molecular weight is 861 g/mol. The van der Waals surface area contributed by atoms with Crippen molar-refractivity contribution in [3.8, 4) is 39.1 Å². The Morgan fingerprint density at radius 1 is 0.403 bits per heavy atom. The van der Waals surface area contributed by atoms with Crippen LogP contribution >= 0.6 is 0 Å². The number of aromatic nitrogens is 1. The zero-order chi connectivity index (χ0) is 44.3. The summed E-state index contributed by atoms with van der Waals surface area (Å²) in [7, 11) is 0. The Hall–Kier alpha value is -8.14. The van der Waals surface area contributed by atoms with Crippen molar-refractivity contribution in [1.29, 1.82) is 0 Å². The van der Waals surface area contributed by atoms with Crippen LogP contribution in [0.5, 0.6) is 0 Å². The lowest BCUT2D eigenvalue weighted by Gasteiger charge is -2.29. The minimum atomic E-state index is 0.572. The van der Waals surface area contributed by atoms with Gasteiger partial charge in [-0.1, -0.05) is 171 Å². The summed E-state index contributed by atoms with van der Waals surface area (Å²) in [5.41, 5.74) is 17.3. The second kappa shape index (κ2) is 16.4. The van der Waals surface area contributed by atoms with Crippen LogP contribution in [0.3, 0.4) is 0 Å². The van der Waals surface area contributed by atoms with E-state index >= 15 is 0 Å². The SMILES string of the molecule is c1ccc(-n2c3ccccc3c3ccc(-c4cccc(N(c5ccc(-c6ccc7c(c6)oc6ccccc67)cc5)c5ccccc5-c5cccc6cccc(C7CCCCC7)c56)c4)cc32)cc1. The molecule has 2 aromatic heterocycles. The minimum absolute atomic E-state index is 0.572. The molecule has 67 heavy (non-hydrogen) atoms. The molecule has 3 nitrogen and oxygen atoms in total. The number of rotatable bonds is 8. The van der Waals surface area contributed by atoms with E-state index in [1.807, 2.05) is 12.1 Å². The fourth-order valence-electron chi connectivity index (χ4n) is 11.2. The van der Waals surface area contributed by atoms with Crippen LogP contribution in [0.2, 0.25) is 0 Å². The van der Waals surface area contributed by atoms with Crippen LogP contribution in [0.4, 0.5) is 17.1 Å². The molecule has 0 amide bonds. The molecule has 0 spiro atoms. The zero-order valence-corrected chi connectivity index (χ0v) is 37.3. The Kier molecular flexibility index (Phi) is 9.60. The van der Waals surface area contributed by atoms with Gasteiger partial charge in [0.1, 0.15) is 11.2 Å². The molecular formula is C64H48N2O. The number of hydrogen-bond donors (Lipinski definition) is 0. The van der Waals surface area contributed by atoms with Crippen molar-refractivity contribution in [1.82, 2.24) is 4.57 Å². The largest absolute Gasteiger partial charge is 0.456 e. The van der Waals surface area contributed by atoms with E-state index in [1.165, 1.54) is 86.9 Å². The Bertz CT molecular complexity index is 3790. The highest BCUT2D eigenvalue weighted by Crippen LogP contribution is 2.47. The predicted molar refractivity (Wildman–Crippen MR) is 282 cm³/mol. The van der Waals surface area contributed by atoms with Crippen LogP contribution in [0.15, 0.2) is 229 Å². The van der Waals surface area contributed by atoms with Crippen LogP contribution < -0.4 is 4.90 Å². The molecule has 13 rings (SSSR count). The first-order valence-corrected chi connectivity index (χ1v) is 23.9. The summed E-state index contributed by atoms with van der Waals surface area (Å²) in [6.07, 6.45) is 6.44. The Labute approximate surface area is 390 Å². The monoisotopic (exact) mass is 860 g/mol. The van der Waals surface area contributed by atoms with E-state index in [2.05, 4.69) is 222 Å². The lowest BCUT2D eigenvalue weighted by atomic mass is 9.80.